The summed E-state index contributed by atoms with van der Waals surface area (Å²) in [5.41, 5.74) is 0. The van der Waals surface area contributed by atoms with E-state index >= 15 is 0 Å². The third kappa shape index (κ3) is 17.7. The Morgan fingerprint density at radius 2 is 1.17 bits per heavy atom. The number of esters is 1. The summed E-state index contributed by atoms with van der Waals surface area (Å²) in [5, 5.41) is 27.3. The fraction of sp³-hybridized carbons (Fsp3) is 0.889. The number of unbranched alkanes of at least 4 members (excludes halogenated alkanes) is 6. The van der Waals surface area contributed by atoms with Crippen molar-refractivity contribution in [2.75, 3.05) is 52.6 Å². The highest BCUT2D eigenvalue weighted by Crippen LogP contribution is 2.17. The van der Waals surface area contributed by atoms with Crippen molar-refractivity contribution in [2.24, 2.45) is 5.92 Å². The highest BCUT2D eigenvalue weighted by molar-refractivity contribution is 5.76. The quantitative estimate of drug-likeness (QED) is 0.133. The lowest BCUT2D eigenvalue weighted by Gasteiger charge is -2.22. The molecule has 0 saturated carbocycles. The fourth-order valence-corrected chi connectivity index (χ4v) is 4.17. The average molecular weight is 517 g/mol. The first-order valence-electron chi connectivity index (χ1n) is 14.0. The minimum Gasteiger partial charge on any atom is -0.464 e. The van der Waals surface area contributed by atoms with E-state index in [0.717, 1.165) is 64.2 Å². The Morgan fingerprint density at radius 3 is 1.61 bits per heavy atom. The molecule has 0 aliphatic carbocycles. The van der Waals surface area contributed by atoms with Crippen LogP contribution < -0.4 is 0 Å². The Bertz CT molecular complexity index is 568. The number of aliphatic hydroxyl groups excluding tert-OH is 3. The summed E-state index contributed by atoms with van der Waals surface area (Å²) < 4.78 is 5.35. The standard InChI is InChI=1S/C27H52N2O7/c1-3-5-12-24(4-2)23-27(35)36-22-18-29(17-21-32)26(34)14-11-9-7-6-8-10-13-25(33)28(15-19-30)16-20-31/h24,30-32H,3-23H2,1-2H3. The van der Waals surface area contributed by atoms with Crippen molar-refractivity contribution in [3.05, 3.63) is 0 Å². The van der Waals surface area contributed by atoms with Gasteiger partial charge in [0.05, 0.1) is 26.4 Å². The number of nitrogens with zero attached hydrogens (tertiary/aromatic N) is 2. The summed E-state index contributed by atoms with van der Waals surface area (Å²) in [6.45, 7) is 5.08. The van der Waals surface area contributed by atoms with Gasteiger partial charge in [-0.25, -0.2) is 0 Å². The molecule has 0 bridgehead atoms. The predicted octanol–water partition coefficient (Wildman–Crippen LogP) is 2.89. The first-order valence-corrected chi connectivity index (χ1v) is 14.0. The van der Waals surface area contributed by atoms with E-state index in [4.69, 9.17) is 14.9 Å². The number of ether oxygens (including phenoxy) is 1. The smallest absolute Gasteiger partial charge is 0.306 e. The largest absolute Gasteiger partial charge is 0.464 e. The molecule has 2 amide bonds. The molecule has 9 nitrogen and oxygen atoms in total. The van der Waals surface area contributed by atoms with Crippen molar-refractivity contribution < 1.29 is 34.4 Å². The van der Waals surface area contributed by atoms with E-state index in [2.05, 4.69) is 13.8 Å². The molecule has 1 unspecified atom stereocenters. The number of carbonyl (C=O) groups is 3. The van der Waals surface area contributed by atoms with Gasteiger partial charge in [0.15, 0.2) is 0 Å². The van der Waals surface area contributed by atoms with Gasteiger partial charge in [-0.3, -0.25) is 14.4 Å². The first-order chi connectivity index (χ1) is 17.4. The van der Waals surface area contributed by atoms with E-state index in [0.29, 0.717) is 31.7 Å². The van der Waals surface area contributed by atoms with Crippen molar-refractivity contribution in [1.29, 1.82) is 0 Å². The van der Waals surface area contributed by atoms with Crippen LogP contribution >= 0.6 is 0 Å². The molecule has 0 aromatic carbocycles. The SMILES string of the molecule is CCCCC(CC)CC(=O)OCCN(CCO)C(=O)CCCCCCCCC(=O)N(CCO)CCO. The van der Waals surface area contributed by atoms with Crippen LogP contribution in [0.3, 0.4) is 0 Å². The zero-order valence-electron chi connectivity index (χ0n) is 22.8. The van der Waals surface area contributed by atoms with Gasteiger partial charge in [-0.2, -0.15) is 0 Å². The second-order valence-corrected chi connectivity index (χ2v) is 9.39. The van der Waals surface area contributed by atoms with Crippen molar-refractivity contribution in [2.45, 2.75) is 97.3 Å². The van der Waals surface area contributed by atoms with Gasteiger partial charge in [0.2, 0.25) is 11.8 Å². The molecule has 0 fully saturated rings. The molecule has 0 aromatic heterocycles. The number of hydrogen-bond acceptors (Lipinski definition) is 7. The summed E-state index contributed by atoms with van der Waals surface area (Å²) in [7, 11) is 0. The van der Waals surface area contributed by atoms with Crippen molar-refractivity contribution in [3.8, 4) is 0 Å². The van der Waals surface area contributed by atoms with Crippen molar-refractivity contribution in [3.63, 3.8) is 0 Å². The molecule has 3 N–H and O–H groups in total. The second kappa shape index (κ2) is 23.7. The zero-order valence-corrected chi connectivity index (χ0v) is 22.8. The molecular weight excluding hydrogens is 464 g/mol. The lowest BCUT2D eigenvalue weighted by atomic mass is 9.96. The molecule has 212 valence electrons. The van der Waals surface area contributed by atoms with Gasteiger partial charge in [-0.05, 0) is 25.2 Å². The molecule has 0 heterocycles. The Kier molecular flexibility index (Phi) is 22.5. The van der Waals surface area contributed by atoms with E-state index in [-0.39, 0.29) is 63.8 Å². The molecule has 0 aromatic rings. The minimum atomic E-state index is -0.217. The Hall–Kier alpha value is -1.71. The number of carbonyl (C=O) groups excluding carboxylic acids is 3. The maximum Gasteiger partial charge on any atom is 0.306 e. The van der Waals surface area contributed by atoms with Crippen LogP contribution in [0, 0.1) is 5.92 Å². The lowest BCUT2D eigenvalue weighted by molar-refractivity contribution is -0.147. The van der Waals surface area contributed by atoms with Crippen LogP contribution in [0.15, 0.2) is 0 Å². The number of amides is 2. The number of rotatable bonds is 24. The Balaban J connectivity index is 4.05. The maximum atomic E-state index is 12.5. The maximum absolute atomic E-state index is 12.5. The van der Waals surface area contributed by atoms with Gasteiger partial charge in [-0.15, -0.1) is 0 Å². The molecule has 1 atom stereocenters. The highest BCUT2D eigenvalue weighted by atomic mass is 16.5. The summed E-state index contributed by atoms with van der Waals surface area (Å²) in [4.78, 5) is 39.8. The van der Waals surface area contributed by atoms with Crippen LogP contribution in [0.2, 0.25) is 0 Å². The van der Waals surface area contributed by atoms with Crippen LogP contribution in [0.4, 0.5) is 0 Å². The topological polar surface area (TPSA) is 128 Å². The Labute approximate surface area is 218 Å². The van der Waals surface area contributed by atoms with E-state index in [1.165, 1.54) is 4.90 Å². The van der Waals surface area contributed by atoms with Crippen LogP contribution in [0.5, 0.6) is 0 Å². The van der Waals surface area contributed by atoms with E-state index in [1.54, 1.807) is 4.90 Å². The molecule has 0 aliphatic rings. The highest BCUT2D eigenvalue weighted by Gasteiger charge is 2.16. The summed E-state index contributed by atoms with van der Waals surface area (Å²) in [6.07, 6.45) is 10.8. The van der Waals surface area contributed by atoms with Gasteiger partial charge in [-0.1, -0.05) is 58.8 Å². The van der Waals surface area contributed by atoms with Gasteiger partial charge in [0.25, 0.3) is 0 Å². The van der Waals surface area contributed by atoms with Crippen LogP contribution in [0.1, 0.15) is 97.3 Å². The lowest BCUT2D eigenvalue weighted by Crippen LogP contribution is -2.36. The van der Waals surface area contributed by atoms with Crippen LogP contribution in [-0.2, 0) is 19.1 Å². The zero-order chi connectivity index (χ0) is 27.0. The third-order valence-corrected chi connectivity index (χ3v) is 6.47. The monoisotopic (exact) mass is 516 g/mol. The normalized spacial score (nSPS) is 11.8. The first kappa shape index (κ1) is 34.3. The fourth-order valence-electron chi connectivity index (χ4n) is 4.17. The van der Waals surface area contributed by atoms with Gasteiger partial charge in [0, 0.05) is 38.9 Å². The average Bonchev–Trinajstić information content (AvgIpc) is 2.87. The molecular formula is C27H52N2O7. The predicted molar refractivity (Wildman–Crippen MR) is 140 cm³/mol. The van der Waals surface area contributed by atoms with Crippen LogP contribution in [0.25, 0.3) is 0 Å². The molecule has 9 heteroatoms. The van der Waals surface area contributed by atoms with E-state index in [1.807, 2.05) is 0 Å². The number of aliphatic hydroxyl groups is 3. The van der Waals surface area contributed by atoms with Gasteiger partial charge >= 0.3 is 5.97 Å². The minimum absolute atomic E-state index is 0.0343. The summed E-state index contributed by atoms with van der Waals surface area (Å²) in [6, 6.07) is 0. The summed E-state index contributed by atoms with van der Waals surface area (Å²) >= 11 is 0. The molecule has 0 saturated heterocycles. The molecule has 0 radical (unpaired) electrons. The van der Waals surface area contributed by atoms with Gasteiger partial charge < -0.3 is 29.9 Å². The number of hydrogen-bond donors (Lipinski definition) is 3. The van der Waals surface area contributed by atoms with Crippen LogP contribution in [-0.4, -0.2) is 95.5 Å². The molecule has 0 rings (SSSR count). The summed E-state index contributed by atoms with van der Waals surface area (Å²) in [5.74, 6) is 0.0545. The van der Waals surface area contributed by atoms with Gasteiger partial charge in [0.1, 0.15) is 6.61 Å². The Morgan fingerprint density at radius 1 is 0.694 bits per heavy atom. The van der Waals surface area contributed by atoms with Crippen molar-refractivity contribution in [1.82, 2.24) is 9.80 Å². The molecule has 36 heavy (non-hydrogen) atoms. The van der Waals surface area contributed by atoms with Crippen molar-refractivity contribution >= 4 is 17.8 Å². The second-order valence-electron chi connectivity index (χ2n) is 9.39. The molecule has 0 spiro atoms. The third-order valence-electron chi connectivity index (χ3n) is 6.47. The van der Waals surface area contributed by atoms with E-state index < -0.39 is 0 Å². The van der Waals surface area contributed by atoms with E-state index in [9.17, 15) is 19.5 Å². The molecule has 0 aliphatic heterocycles.